The van der Waals surface area contributed by atoms with Gasteiger partial charge in [0.05, 0.1) is 18.8 Å². The van der Waals surface area contributed by atoms with Gasteiger partial charge in [-0.15, -0.1) is 13.2 Å². The maximum absolute atomic E-state index is 12.0. The molecule has 0 saturated carbocycles. The highest BCUT2D eigenvalue weighted by Gasteiger charge is 2.33. The molecular formula is C10H9F3O4. The molecule has 1 N–H and O–H groups in total. The highest BCUT2D eigenvalue weighted by molar-refractivity contribution is 5.46. The van der Waals surface area contributed by atoms with Crippen LogP contribution >= 0.6 is 0 Å². The molecule has 0 spiro atoms. The average Bonchev–Trinajstić information content (AvgIpc) is 2.72. The fourth-order valence-electron chi connectivity index (χ4n) is 1.47. The standard InChI is InChI=1S/C10H9F3O4/c11-10(12,13)17-7-3-1-2-6(8(7)14)9-15-4-5-16-9/h1-3,9,14H,4-5H2. The normalized spacial score (nSPS) is 17.4. The zero-order valence-corrected chi connectivity index (χ0v) is 8.53. The van der Waals surface area contributed by atoms with Crippen molar-refractivity contribution in [3.05, 3.63) is 23.8 Å². The van der Waals surface area contributed by atoms with Crippen LogP contribution < -0.4 is 4.74 Å². The van der Waals surface area contributed by atoms with Crippen LogP contribution in [-0.4, -0.2) is 24.7 Å². The van der Waals surface area contributed by atoms with Crippen molar-refractivity contribution in [2.45, 2.75) is 12.7 Å². The van der Waals surface area contributed by atoms with Gasteiger partial charge in [-0.05, 0) is 12.1 Å². The number of phenolic OH excluding ortho intramolecular Hbond substituents is 1. The van der Waals surface area contributed by atoms with E-state index in [1.54, 1.807) is 0 Å². The second-order valence-electron chi connectivity index (χ2n) is 3.32. The van der Waals surface area contributed by atoms with E-state index in [1.165, 1.54) is 12.1 Å². The lowest BCUT2D eigenvalue weighted by Crippen LogP contribution is -2.17. The van der Waals surface area contributed by atoms with Crippen LogP contribution in [0, 0.1) is 0 Å². The van der Waals surface area contributed by atoms with Crippen molar-refractivity contribution >= 4 is 0 Å². The molecule has 1 aliphatic rings. The van der Waals surface area contributed by atoms with Gasteiger partial charge in [0.1, 0.15) is 0 Å². The number of aromatic hydroxyl groups is 1. The molecule has 1 aromatic carbocycles. The first kappa shape index (κ1) is 12.0. The van der Waals surface area contributed by atoms with Crippen LogP contribution in [0.25, 0.3) is 0 Å². The molecular weight excluding hydrogens is 241 g/mol. The minimum atomic E-state index is -4.85. The van der Waals surface area contributed by atoms with Crippen LogP contribution in [0.2, 0.25) is 0 Å². The van der Waals surface area contributed by atoms with Crippen molar-refractivity contribution in [1.82, 2.24) is 0 Å². The first-order valence-corrected chi connectivity index (χ1v) is 4.78. The molecule has 0 radical (unpaired) electrons. The van der Waals surface area contributed by atoms with Crippen molar-refractivity contribution in [2.75, 3.05) is 13.2 Å². The van der Waals surface area contributed by atoms with E-state index in [9.17, 15) is 18.3 Å². The number of ether oxygens (including phenoxy) is 3. The fraction of sp³-hybridized carbons (Fsp3) is 0.400. The third-order valence-corrected chi connectivity index (χ3v) is 2.13. The molecule has 94 valence electrons. The highest BCUT2D eigenvalue weighted by atomic mass is 19.4. The van der Waals surface area contributed by atoms with Gasteiger partial charge in [-0.3, -0.25) is 0 Å². The minimum Gasteiger partial charge on any atom is -0.504 e. The molecule has 4 nitrogen and oxygen atoms in total. The monoisotopic (exact) mass is 250 g/mol. The van der Waals surface area contributed by atoms with Gasteiger partial charge in [-0.25, -0.2) is 0 Å². The highest BCUT2D eigenvalue weighted by Crippen LogP contribution is 2.39. The number of halogens is 3. The lowest BCUT2D eigenvalue weighted by molar-refractivity contribution is -0.275. The summed E-state index contributed by atoms with van der Waals surface area (Å²) in [6, 6.07) is 3.75. The zero-order chi connectivity index (χ0) is 12.5. The average molecular weight is 250 g/mol. The smallest absolute Gasteiger partial charge is 0.504 e. The molecule has 1 aromatic rings. The van der Waals surface area contributed by atoms with E-state index in [-0.39, 0.29) is 5.56 Å². The van der Waals surface area contributed by atoms with E-state index in [0.29, 0.717) is 13.2 Å². The largest absolute Gasteiger partial charge is 0.573 e. The van der Waals surface area contributed by atoms with Crippen LogP contribution in [0.5, 0.6) is 11.5 Å². The summed E-state index contributed by atoms with van der Waals surface area (Å²) >= 11 is 0. The Morgan fingerprint density at radius 2 is 1.88 bits per heavy atom. The van der Waals surface area contributed by atoms with Crippen LogP contribution in [0.3, 0.4) is 0 Å². The number of hydrogen-bond donors (Lipinski definition) is 1. The molecule has 0 aliphatic carbocycles. The lowest BCUT2D eigenvalue weighted by Gasteiger charge is -2.15. The van der Waals surface area contributed by atoms with E-state index in [2.05, 4.69) is 4.74 Å². The molecule has 2 rings (SSSR count). The van der Waals surface area contributed by atoms with Gasteiger partial charge in [0, 0.05) is 0 Å². The van der Waals surface area contributed by atoms with Gasteiger partial charge in [0.15, 0.2) is 17.8 Å². The van der Waals surface area contributed by atoms with E-state index in [4.69, 9.17) is 9.47 Å². The first-order valence-electron chi connectivity index (χ1n) is 4.78. The molecule has 0 amide bonds. The Hall–Kier alpha value is -1.47. The molecule has 1 fully saturated rings. The first-order chi connectivity index (χ1) is 7.97. The number of rotatable bonds is 2. The third kappa shape index (κ3) is 2.80. The summed E-state index contributed by atoms with van der Waals surface area (Å²) in [6.07, 6.45) is -5.71. The van der Waals surface area contributed by atoms with E-state index in [0.717, 1.165) is 6.07 Å². The van der Waals surface area contributed by atoms with Crippen molar-refractivity contribution < 1.29 is 32.5 Å². The molecule has 0 bridgehead atoms. The Labute approximate surface area is 94.5 Å². The van der Waals surface area contributed by atoms with Crippen molar-refractivity contribution in [3.8, 4) is 11.5 Å². The second-order valence-corrected chi connectivity index (χ2v) is 3.32. The van der Waals surface area contributed by atoms with Crippen LogP contribution in [-0.2, 0) is 9.47 Å². The molecule has 0 aromatic heterocycles. The zero-order valence-electron chi connectivity index (χ0n) is 8.53. The Morgan fingerprint density at radius 1 is 1.24 bits per heavy atom. The van der Waals surface area contributed by atoms with Gasteiger partial charge in [-0.2, -0.15) is 0 Å². The van der Waals surface area contributed by atoms with Crippen molar-refractivity contribution in [3.63, 3.8) is 0 Å². The molecule has 1 aliphatic heterocycles. The summed E-state index contributed by atoms with van der Waals surface area (Å²) in [5.41, 5.74) is 0.115. The number of para-hydroxylation sites is 1. The summed E-state index contributed by atoms with van der Waals surface area (Å²) in [4.78, 5) is 0. The van der Waals surface area contributed by atoms with Crippen LogP contribution in [0.4, 0.5) is 13.2 Å². The SMILES string of the molecule is Oc1c(OC(F)(F)F)cccc1C1OCCO1. The number of alkyl halides is 3. The Morgan fingerprint density at radius 3 is 2.47 bits per heavy atom. The van der Waals surface area contributed by atoms with Gasteiger partial charge >= 0.3 is 6.36 Å². The molecule has 1 heterocycles. The van der Waals surface area contributed by atoms with Gasteiger partial charge < -0.3 is 19.3 Å². The third-order valence-electron chi connectivity index (χ3n) is 2.13. The molecule has 17 heavy (non-hydrogen) atoms. The van der Waals surface area contributed by atoms with Crippen molar-refractivity contribution in [1.29, 1.82) is 0 Å². The number of hydrogen-bond acceptors (Lipinski definition) is 4. The predicted molar refractivity (Wildman–Crippen MR) is 49.4 cm³/mol. The van der Waals surface area contributed by atoms with Gasteiger partial charge in [-0.1, -0.05) is 6.07 Å². The summed E-state index contributed by atoms with van der Waals surface area (Å²) in [5.74, 6) is -1.30. The number of benzene rings is 1. The number of phenols is 1. The molecule has 1 saturated heterocycles. The Kier molecular flexibility index (Phi) is 3.12. The summed E-state index contributed by atoms with van der Waals surface area (Å²) in [6.45, 7) is 0.656. The van der Waals surface area contributed by atoms with Gasteiger partial charge in [0.2, 0.25) is 0 Å². The lowest BCUT2D eigenvalue weighted by atomic mass is 10.2. The van der Waals surface area contributed by atoms with E-state index >= 15 is 0 Å². The molecule has 0 atom stereocenters. The fourth-order valence-corrected chi connectivity index (χ4v) is 1.47. The second kappa shape index (κ2) is 4.42. The Bertz CT molecular complexity index is 399. The minimum absolute atomic E-state index is 0.115. The Balaban J connectivity index is 2.26. The maximum atomic E-state index is 12.0. The van der Waals surface area contributed by atoms with Crippen LogP contribution in [0.1, 0.15) is 11.9 Å². The van der Waals surface area contributed by atoms with Crippen LogP contribution in [0.15, 0.2) is 18.2 Å². The summed E-state index contributed by atoms with van der Waals surface area (Å²) in [7, 11) is 0. The summed E-state index contributed by atoms with van der Waals surface area (Å²) < 4.78 is 49.9. The van der Waals surface area contributed by atoms with E-state index < -0.39 is 24.2 Å². The van der Waals surface area contributed by atoms with Gasteiger partial charge in [0.25, 0.3) is 0 Å². The molecule has 7 heteroatoms. The quantitative estimate of drug-likeness (QED) is 0.875. The molecule has 0 unspecified atom stereocenters. The van der Waals surface area contributed by atoms with Crippen molar-refractivity contribution in [2.24, 2.45) is 0 Å². The predicted octanol–water partition coefficient (Wildman–Crippen LogP) is 2.34. The van der Waals surface area contributed by atoms with E-state index in [1.807, 2.05) is 0 Å². The topological polar surface area (TPSA) is 47.9 Å². The maximum Gasteiger partial charge on any atom is 0.573 e. The summed E-state index contributed by atoms with van der Waals surface area (Å²) in [5, 5.41) is 9.63.